The van der Waals surface area contributed by atoms with Gasteiger partial charge < -0.3 is 15.0 Å². The lowest BCUT2D eigenvalue weighted by Crippen LogP contribution is -2.30. The molecule has 0 spiro atoms. The lowest BCUT2D eigenvalue weighted by atomic mass is 10.2. The number of anilines is 2. The maximum atomic E-state index is 11.7. The monoisotopic (exact) mass is 332 g/mol. The van der Waals surface area contributed by atoms with Crippen molar-refractivity contribution in [3.8, 4) is 12.1 Å². The Kier molecular flexibility index (Phi) is 6.25. The first-order valence-electron chi connectivity index (χ1n) is 7.81. The molecule has 1 atom stereocenters. The molecule has 1 saturated heterocycles. The summed E-state index contributed by atoms with van der Waals surface area (Å²) in [7, 11) is 0. The van der Waals surface area contributed by atoms with Crippen molar-refractivity contribution in [2.45, 2.75) is 38.6 Å². The highest BCUT2D eigenvalue weighted by Gasteiger charge is 2.23. The zero-order valence-electron chi connectivity index (χ0n) is 13.2. The van der Waals surface area contributed by atoms with Crippen molar-refractivity contribution in [2.75, 3.05) is 29.9 Å². The predicted octanol–water partition coefficient (Wildman–Crippen LogP) is 2.87. The molecule has 2 rings (SSSR count). The predicted molar refractivity (Wildman–Crippen MR) is 89.4 cm³/mol. The van der Waals surface area contributed by atoms with Crippen molar-refractivity contribution in [3.05, 3.63) is 10.9 Å². The van der Waals surface area contributed by atoms with E-state index in [9.17, 15) is 10.1 Å². The number of rotatable bonds is 5. The number of carbonyl (C=O) groups excluding carboxylic acids is 1. The summed E-state index contributed by atoms with van der Waals surface area (Å²) < 4.78 is 4.87. The molecule has 1 aliphatic rings. The molecule has 0 radical (unpaired) electrons. The number of carbonyl (C=O) groups is 1. The first-order chi connectivity index (χ1) is 11.2. The minimum atomic E-state index is -1.10. The Balaban J connectivity index is 2.17. The van der Waals surface area contributed by atoms with E-state index >= 15 is 0 Å². The van der Waals surface area contributed by atoms with Gasteiger partial charge in [0.1, 0.15) is 10.9 Å². The third-order valence-electron chi connectivity index (χ3n) is 3.69. The van der Waals surface area contributed by atoms with Crippen LogP contribution in [-0.2, 0) is 9.53 Å². The smallest absolute Gasteiger partial charge is 0.343 e. The van der Waals surface area contributed by atoms with Gasteiger partial charge in [-0.2, -0.15) is 10.5 Å². The first-order valence-corrected chi connectivity index (χ1v) is 8.63. The van der Waals surface area contributed by atoms with Gasteiger partial charge in [-0.05, 0) is 25.8 Å². The molecule has 0 aliphatic carbocycles. The van der Waals surface area contributed by atoms with Crippen molar-refractivity contribution in [3.63, 3.8) is 0 Å². The van der Waals surface area contributed by atoms with Crippen LogP contribution in [0, 0.1) is 22.7 Å². The Morgan fingerprint density at radius 1 is 1.39 bits per heavy atom. The van der Waals surface area contributed by atoms with Gasteiger partial charge >= 0.3 is 5.97 Å². The van der Waals surface area contributed by atoms with E-state index in [0.29, 0.717) is 10.6 Å². The summed E-state index contributed by atoms with van der Waals surface area (Å²) in [6.07, 6.45) is 4.76. The van der Waals surface area contributed by atoms with Gasteiger partial charge in [-0.25, -0.2) is 4.79 Å². The Bertz CT molecular complexity index is 621. The van der Waals surface area contributed by atoms with E-state index in [1.54, 1.807) is 6.92 Å². The molecule has 1 fully saturated rings. The van der Waals surface area contributed by atoms with Crippen LogP contribution in [0.15, 0.2) is 6.07 Å². The van der Waals surface area contributed by atoms with Gasteiger partial charge in [-0.15, -0.1) is 11.3 Å². The molecule has 6 nitrogen and oxygen atoms in total. The molecule has 23 heavy (non-hydrogen) atoms. The second kappa shape index (κ2) is 8.40. The van der Waals surface area contributed by atoms with Crippen LogP contribution >= 0.6 is 11.3 Å². The third kappa shape index (κ3) is 4.37. The largest absolute Gasteiger partial charge is 0.464 e. The van der Waals surface area contributed by atoms with E-state index in [1.807, 2.05) is 12.1 Å². The molecule has 7 heteroatoms. The number of hydrogen-bond acceptors (Lipinski definition) is 7. The highest BCUT2D eigenvalue weighted by atomic mass is 32.1. The van der Waals surface area contributed by atoms with Gasteiger partial charge in [0.25, 0.3) is 0 Å². The Morgan fingerprint density at radius 2 is 2.09 bits per heavy atom. The van der Waals surface area contributed by atoms with Crippen molar-refractivity contribution in [2.24, 2.45) is 0 Å². The molecule has 0 amide bonds. The number of nitrogens with one attached hydrogen (secondary N) is 1. The molecule has 1 aliphatic heterocycles. The maximum absolute atomic E-state index is 11.7. The highest BCUT2D eigenvalue weighted by molar-refractivity contribution is 7.17. The summed E-state index contributed by atoms with van der Waals surface area (Å²) in [5.74, 6) is -0.624. The van der Waals surface area contributed by atoms with Crippen LogP contribution in [0.25, 0.3) is 0 Å². The topological polar surface area (TPSA) is 89.2 Å². The van der Waals surface area contributed by atoms with Crippen LogP contribution in [0.3, 0.4) is 0 Å². The highest BCUT2D eigenvalue weighted by Crippen LogP contribution is 2.35. The molecule has 122 valence electrons. The normalized spacial score (nSPS) is 15.9. The summed E-state index contributed by atoms with van der Waals surface area (Å²) in [5.41, 5.74) is 0.524. The maximum Gasteiger partial charge on any atom is 0.343 e. The Morgan fingerprint density at radius 3 is 2.65 bits per heavy atom. The number of esters is 1. The number of thiophene rings is 1. The van der Waals surface area contributed by atoms with Gasteiger partial charge in [0, 0.05) is 13.1 Å². The van der Waals surface area contributed by atoms with E-state index in [0.717, 1.165) is 30.9 Å². The van der Waals surface area contributed by atoms with Gasteiger partial charge in [-0.1, -0.05) is 12.8 Å². The summed E-state index contributed by atoms with van der Waals surface area (Å²) >= 11 is 1.39. The SMILES string of the molecule is CCOC(=O)C(C#N)Nc1cc(N2CCCCCC2)sc1C#N. The summed E-state index contributed by atoms with van der Waals surface area (Å²) in [5, 5.41) is 22.3. The zero-order valence-corrected chi connectivity index (χ0v) is 14.0. The fourth-order valence-electron chi connectivity index (χ4n) is 2.54. The number of nitrogens with zero attached hydrogens (tertiary/aromatic N) is 3. The summed E-state index contributed by atoms with van der Waals surface area (Å²) in [6.45, 7) is 3.86. The lowest BCUT2D eigenvalue weighted by Gasteiger charge is -2.20. The van der Waals surface area contributed by atoms with Crippen LogP contribution in [0.2, 0.25) is 0 Å². The minimum absolute atomic E-state index is 0.215. The molecule has 2 heterocycles. The molecule has 0 saturated carbocycles. The van der Waals surface area contributed by atoms with E-state index in [2.05, 4.69) is 16.3 Å². The van der Waals surface area contributed by atoms with Crippen molar-refractivity contribution in [1.82, 2.24) is 0 Å². The molecule has 0 bridgehead atoms. The molecular weight excluding hydrogens is 312 g/mol. The van der Waals surface area contributed by atoms with E-state index in [-0.39, 0.29) is 6.61 Å². The van der Waals surface area contributed by atoms with Gasteiger partial charge in [0.15, 0.2) is 0 Å². The third-order valence-corrected chi connectivity index (χ3v) is 4.79. The molecule has 1 N–H and O–H groups in total. The summed E-state index contributed by atoms with van der Waals surface area (Å²) in [6, 6.07) is 4.78. The molecule has 1 unspecified atom stereocenters. The van der Waals surface area contributed by atoms with Crippen LogP contribution in [0.4, 0.5) is 10.7 Å². The first kappa shape index (κ1) is 17.1. The average molecular weight is 332 g/mol. The quantitative estimate of drug-likeness (QED) is 0.834. The van der Waals surface area contributed by atoms with Crippen LogP contribution in [-0.4, -0.2) is 31.7 Å². The van der Waals surface area contributed by atoms with Crippen molar-refractivity contribution >= 4 is 28.0 Å². The molecule has 1 aromatic rings. The van der Waals surface area contributed by atoms with Gasteiger partial charge in [0.05, 0.1) is 23.4 Å². The fourth-order valence-corrected chi connectivity index (χ4v) is 3.51. The lowest BCUT2D eigenvalue weighted by molar-refractivity contribution is -0.142. The standard InChI is InChI=1S/C16H20N4O2S/c1-2-22-16(21)13(10-17)19-12-9-15(23-14(12)11-18)20-7-5-3-4-6-8-20/h9,13,19H,2-8H2,1H3. The average Bonchev–Trinajstić information content (AvgIpc) is 2.77. The minimum Gasteiger partial charge on any atom is -0.464 e. The van der Waals surface area contributed by atoms with Crippen molar-refractivity contribution in [1.29, 1.82) is 10.5 Å². The van der Waals surface area contributed by atoms with E-state index < -0.39 is 12.0 Å². The number of nitriles is 2. The molecule has 0 aromatic carbocycles. The number of hydrogen-bond donors (Lipinski definition) is 1. The summed E-state index contributed by atoms with van der Waals surface area (Å²) in [4.78, 5) is 14.5. The van der Waals surface area contributed by atoms with Gasteiger partial charge in [-0.3, -0.25) is 0 Å². The Hall–Kier alpha value is -2.25. The molecule has 1 aromatic heterocycles. The van der Waals surface area contributed by atoms with Gasteiger partial charge in [0.2, 0.25) is 6.04 Å². The second-order valence-corrected chi connectivity index (χ2v) is 6.33. The fraction of sp³-hybridized carbons (Fsp3) is 0.562. The van der Waals surface area contributed by atoms with E-state index in [1.165, 1.54) is 24.2 Å². The van der Waals surface area contributed by atoms with Crippen LogP contribution in [0.5, 0.6) is 0 Å². The second-order valence-electron chi connectivity index (χ2n) is 5.30. The zero-order chi connectivity index (χ0) is 16.7. The van der Waals surface area contributed by atoms with Crippen molar-refractivity contribution < 1.29 is 9.53 Å². The number of ether oxygens (including phenoxy) is 1. The molecular formula is C16H20N4O2S. The van der Waals surface area contributed by atoms with Crippen LogP contribution in [0.1, 0.15) is 37.5 Å². The Labute approximate surface area is 140 Å². The van der Waals surface area contributed by atoms with Crippen LogP contribution < -0.4 is 10.2 Å². The van der Waals surface area contributed by atoms with E-state index in [4.69, 9.17) is 10.00 Å².